The quantitative estimate of drug-likeness (QED) is 0.376. The molecule has 3 N–H and O–H groups in total. The second kappa shape index (κ2) is 6.42. The average molecular weight is 310 g/mol. The predicted octanol–water partition coefficient (Wildman–Crippen LogP) is 3.76. The SMILES string of the molecule is CC(C)c1cc(SNC=O)cc(SC(F)(F)F)c1N. The molecular weight excluding hydrogens is 297 g/mol. The molecule has 0 aliphatic rings. The van der Waals surface area contributed by atoms with Gasteiger partial charge in [-0.25, -0.2) is 0 Å². The Hall–Kier alpha value is -1.02. The number of benzene rings is 1. The molecule has 1 amide bonds. The van der Waals surface area contributed by atoms with Crippen LogP contribution in [0.15, 0.2) is 21.9 Å². The maximum absolute atomic E-state index is 12.5. The molecule has 0 heterocycles. The van der Waals surface area contributed by atoms with E-state index in [0.29, 0.717) is 16.9 Å². The molecule has 0 spiro atoms. The zero-order chi connectivity index (χ0) is 14.6. The van der Waals surface area contributed by atoms with E-state index in [1.54, 1.807) is 6.07 Å². The largest absolute Gasteiger partial charge is 0.446 e. The number of nitrogen functional groups attached to an aromatic ring is 1. The lowest BCUT2D eigenvalue weighted by atomic mass is 10.0. The highest BCUT2D eigenvalue weighted by molar-refractivity contribution is 8.00. The Bertz CT molecular complexity index is 464. The molecule has 0 aromatic heterocycles. The van der Waals surface area contributed by atoms with E-state index < -0.39 is 5.51 Å². The predicted molar refractivity (Wildman–Crippen MR) is 71.9 cm³/mol. The van der Waals surface area contributed by atoms with Crippen molar-refractivity contribution < 1.29 is 18.0 Å². The molecule has 0 atom stereocenters. The molecule has 0 radical (unpaired) electrons. The van der Waals surface area contributed by atoms with E-state index in [-0.39, 0.29) is 28.3 Å². The van der Waals surface area contributed by atoms with Crippen molar-refractivity contribution >= 4 is 35.8 Å². The molecule has 3 nitrogen and oxygen atoms in total. The summed E-state index contributed by atoms with van der Waals surface area (Å²) in [5.41, 5.74) is 2.13. The highest BCUT2D eigenvalue weighted by Crippen LogP contribution is 2.43. The third-order valence-corrected chi connectivity index (χ3v) is 3.69. The Morgan fingerprint density at radius 1 is 1.37 bits per heavy atom. The van der Waals surface area contributed by atoms with Crippen LogP contribution in [-0.2, 0) is 4.79 Å². The highest BCUT2D eigenvalue weighted by atomic mass is 32.2. The van der Waals surface area contributed by atoms with E-state index >= 15 is 0 Å². The van der Waals surface area contributed by atoms with Crippen molar-refractivity contribution in [3.05, 3.63) is 17.7 Å². The molecule has 1 aromatic carbocycles. The summed E-state index contributed by atoms with van der Waals surface area (Å²) in [6.45, 7) is 3.69. The Labute approximate surface area is 117 Å². The van der Waals surface area contributed by atoms with Crippen LogP contribution in [0.4, 0.5) is 18.9 Å². The van der Waals surface area contributed by atoms with Gasteiger partial charge in [-0.2, -0.15) is 13.2 Å². The second-order valence-corrected chi connectivity index (χ2v) is 5.98. The van der Waals surface area contributed by atoms with Crippen molar-refractivity contribution in [2.75, 3.05) is 5.73 Å². The number of anilines is 1. The first-order valence-corrected chi connectivity index (χ1v) is 6.93. The topological polar surface area (TPSA) is 55.1 Å². The number of carbonyl (C=O) groups is 1. The maximum Gasteiger partial charge on any atom is 0.446 e. The van der Waals surface area contributed by atoms with Gasteiger partial charge in [0.2, 0.25) is 6.41 Å². The Balaban J connectivity index is 3.19. The van der Waals surface area contributed by atoms with Gasteiger partial charge in [0.1, 0.15) is 0 Å². The van der Waals surface area contributed by atoms with Gasteiger partial charge in [-0.3, -0.25) is 9.52 Å². The van der Waals surface area contributed by atoms with Crippen LogP contribution in [0.1, 0.15) is 25.3 Å². The van der Waals surface area contributed by atoms with Crippen molar-refractivity contribution in [3.8, 4) is 0 Å². The molecule has 0 unspecified atom stereocenters. The molecule has 1 aromatic rings. The average Bonchev–Trinajstić information content (AvgIpc) is 2.27. The lowest BCUT2D eigenvalue weighted by molar-refractivity contribution is -0.107. The summed E-state index contributed by atoms with van der Waals surface area (Å²) >= 11 is 0.699. The van der Waals surface area contributed by atoms with Crippen molar-refractivity contribution in [3.63, 3.8) is 0 Å². The number of rotatable bonds is 5. The first kappa shape index (κ1) is 16.0. The van der Waals surface area contributed by atoms with Crippen LogP contribution >= 0.6 is 23.7 Å². The maximum atomic E-state index is 12.5. The second-order valence-electron chi connectivity index (χ2n) is 3.96. The van der Waals surface area contributed by atoms with Gasteiger partial charge >= 0.3 is 5.51 Å². The van der Waals surface area contributed by atoms with Gasteiger partial charge in [-0.05, 0) is 47.3 Å². The van der Waals surface area contributed by atoms with Crippen molar-refractivity contribution in [2.45, 2.75) is 35.1 Å². The molecule has 0 bridgehead atoms. The standard InChI is InChI=1S/C11H13F3N2OS2/c1-6(2)8-3-7(19-16-5-17)4-9(10(8)15)18-11(12,13)14/h3-6H,15H2,1-2H3,(H,16,17). The summed E-state index contributed by atoms with van der Waals surface area (Å²) in [4.78, 5) is 10.7. The molecule has 0 saturated heterocycles. The van der Waals surface area contributed by atoms with Gasteiger partial charge in [0, 0.05) is 15.5 Å². The van der Waals surface area contributed by atoms with Crippen molar-refractivity contribution in [1.82, 2.24) is 4.72 Å². The third-order valence-electron chi connectivity index (χ3n) is 2.22. The highest BCUT2D eigenvalue weighted by Gasteiger charge is 2.31. The molecule has 0 aliphatic carbocycles. The van der Waals surface area contributed by atoms with Gasteiger partial charge in [0.25, 0.3) is 0 Å². The first-order valence-electron chi connectivity index (χ1n) is 5.29. The molecule has 106 valence electrons. The number of thioether (sulfide) groups is 1. The van der Waals surface area contributed by atoms with E-state index in [1.165, 1.54) is 6.07 Å². The van der Waals surface area contributed by atoms with Crippen molar-refractivity contribution in [2.24, 2.45) is 0 Å². The van der Waals surface area contributed by atoms with Crippen LogP contribution < -0.4 is 10.5 Å². The molecule has 0 fully saturated rings. The summed E-state index contributed by atoms with van der Waals surface area (Å²) in [5, 5.41) is 0. The van der Waals surface area contributed by atoms with Gasteiger partial charge in [-0.1, -0.05) is 13.8 Å². The lowest BCUT2D eigenvalue weighted by Crippen LogP contribution is -2.05. The van der Waals surface area contributed by atoms with Crippen LogP contribution in [0.2, 0.25) is 0 Å². The van der Waals surface area contributed by atoms with Gasteiger partial charge in [-0.15, -0.1) is 0 Å². The van der Waals surface area contributed by atoms with Gasteiger partial charge < -0.3 is 5.73 Å². The van der Waals surface area contributed by atoms with Gasteiger partial charge in [0.15, 0.2) is 0 Å². The lowest BCUT2D eigenvalue weighted by Gasteiger charge is -2.16. The number of amides is 1. The number of halogens is 3. The summed E-state index contributed by atoms with van der Waals surface area (Å²) < 4.78 is 39.7. The Morgan fingerprint density at radius 2 is 2.00 bits per heavy atom. The molecular formula is C11H13F3N2OS2. The minimum atomic E-state index is -4.40. The number of alkyl halides is 3. The van der Waals surface area contributed by atoms with Gasteiger partial charge in [0.05, 0.1) is 0 Å². The third kappa shape index (κ3) is 4.87. The summed E-state index contributed by atoms with van der Waals surface area (Å²) in [6, 6.07) is 3.00. The minimum Gasteiger partial charge on any atom is -0.398 e. The Kier molecular flexibility index (Phi) is 5.42. The summed E-state index contributed by atoms with van der Waals surface area (Å²) in [6.07, 6.45) is 0.465. The van der Waals surface area contributed by atoms with Crippen LogP contribution in [0.3, 0.4) is 0 Å². The van der Waals surface area contributed by atoms with Crippen LogP contribution in [0, 0.1) is 0 Å². The fraction of sp³-hybridized carbons (Fsp3) is 0.364. The summed E-state index contributed by atoms with van der Waals surface area (Å²) in [5.74, 6) is -0.00985. The van der Waals surface area contributed by atoms with E-state index in [0.717, 1.165) is 11.9 Å². The molecule has 8 heteroatoms. The van der Waals surface area contributed by atoms with E-state index in [9.17, 15) is 18.0 Å². The van der Waals surface area contributed by atoms with Crippen LogP contribution in [0.25, 0.3) is 0 Å². The number of hydrogen-bond acceptors (Lipinski definition) is 4. The zero-order valence-corrected chi connectivity index (χ0v) is 11.9. The van der Waals surface area contributed by atoms with Crippen molar-refractivity contribution in [1.29, 1.82) is 0 Å². The number of hydrogen-bond donors (Lipinski definition) is 2. The number of carbonyl (C=O) groups excluding carboxylic acids is 1. The zero-order valence-electron chi connectivity index (χ0n) is 10.2. The number of nitrogens with one attached hydrogen (secondary N) is 1. The monoisotopic (exact) mass is 310 g/mol. The smallest absolute Gasteiger partial charge is 0.398 e. The normalized spacial score (nSPS) is 11.7. The first-order chi connectivity index (χ1) is 8.74. The van der Waals surface area contributed by atoms with Crippen LogP contribution in [0.5, 0.6) is 0 Å². The minimum absolute atomic E-state index is 0.00985. The Morgan fingerprint density at radius 3 is 2.47 bits per heavy atom. The number of nitrogens with two attached hydrogens (primary N) is 1. The molecule has 0 aliphatic heterocycles. The molecule has 19 heavy (non-hydrogen) atoms. The fourth-order valence-electron chi connectivity index (χ4n) is 1.46. The van der Waals surface area contributed by atoms with E-state index in [2.05, 4.69) is 4.72 Å². The summed E-state index contributed by atoms with van der Waals surface area (Å²) in [7, 11) is 0. The van der Waals surface area contributed by atoms with Crippen LogP contribution in [-0.4, -0.2) is 11.9 Å². The molecule has 1 rings (SSSR count). The fourth-order valence-corrected chi connectivity index (χ4v) is 2.74. The molecule has 0 saturated carbocycles. The van der Waals surface area contributed by atoms with E-state index in [4.69, 9.17) is 5.73 Å². The van der Waals surface area contributed by atoms with E-state index in [1.807, 2.05) is 13.8 Å².